The lowest BCUT2D eigenvalue weighted by Gasteiger charge is -2.25. The number of nitrogens with zero attached hydrogens (tertiary/aromatic N) is 4. The number of amides is 2. The van der Waals surface area contributed by atoms with Crippen molar-refractivity contribution in [1.29, 1.82) is 0 Å². The van der Waals surface area contributed by atoms with Gasteiger partial charge in [-0.15, -0.1) is 0 Å². The molecule has 0 radical (unpaired) electrons. The molecule has 12 heteroatoms. The van der Waals surface area contributed by atoms with Crippen LogP contribution in [-0.2, 0) is 16.1 Å². The molecule has 10 nitrogen and oxygen atoms in total. The van der Waals surface area contributed by atoms with Gasteiger partial charge in [-0.05, 0) is 31.2 Å². The maximum absolute atomic E-state index is 14.7. The minimum Gasteiger partial charge on any atom is -0.487 e. The zero-order valence-corrected chi connectivity index (χ0v) is 21.2. The summed E-state index contributed by atoms with van der Waals surface area (Å²) < 4.78 is 50.0. The van der Waals surface area contributed by atoms with Crippen LogP contribution in [0.1, 0.15) is 42.8 Å². The third-order valence-electron chi connectivity index (χ3n) is 6.10. The summed E-state index contributed by atoms with van der Waals surface area (Å²) in [6.45, 7) is 2.38. The minimum absolute atomic E-state index is 0.138. The fourth-order valence-electron chi connectivity index (χ4n) is 4.17. The number of halogens is 2. The van der Waals surface area contributed by atoms with Crippen molar-refractivity contribution in [3.05, 3.63) is 71.2 Å². The van der Waals surface area contributed by atoms with Crippen LogP contribution in [-0.4, -0.2) is 50.7 Å². The molecule has 1 atom stereocenters. The summed E-state index contributed by atoms with van der Waals surface area (Å²) in [6, 6.07) is 6.63. The van der Waals surface area contributed by atoms with Crippen molar-refractivity contribution in [1.82, 2.24) is 24.9 Å². The number of rotatable bonds is 7. The van der Waals surface area contributed by atoms with Gasteiger partial charge in [0, 0.05) is 49.7 Å². The van der Waals surface area contributed by atoms with Gasteiger partial charge in [-0.1, -0.05) is 0 Å². The lowest BCUT2D eigenvalue weighted by atomic mass is 10.1. The highest BCUT2D eigenvalue weighted by molar-refractivity contribution is 5.96. The van der Waals surface area contributed by atoms with Crippen LogP contribution in [0.5, 0.6) is 5.75 Å². The molecule has 4 heterocycles. The van der Waals surface area contributed by atoms with E-state index in [4.69, 9.17) is 10.8 Å². The Morgan fingerprint density at radius 1 is 1.23 bits per heavy atom. The third kappa shape index (κ3) is 6.01. The highest BCUT2D eigenvalue weighted by Crippen LogP contribution is 2.28. The molecule has 1 aromatic carbocycles. The Labute approximate surface area is 223 Å². The number of carbonyl (C=O) groups excluding carboxylic acids is 2. The number of hydrogen-bond donors (Lipinski definition) is 2. The summed E-state index contributed by atoms with van der Waals surface area (Å²) in [7, 11) is 0. The molecule has 0 bridgehead atoms. The van der Waals surface area contributed by atoms with Crippen molar-refractivity contribution < 1.29 is 29.2 Å². The van der Waals surface area contributed by atoms with Gasteiger partial charge in [0.2, 0.25) is 5.91 Å². The van der Waals surface area contributed by atoms with Gasteiger partial charge in [0.15, 0.2) is 23.0 Å². The van der Waals surface area contributed by atoms with Crippen LogP contribution in [0.4, 0.5) is 14.6 Å². The number of fused-ring (bicyclic) bond motifs is 1. The molecule has 0 saturated carbocycles. The first-order chi connectivity index (χ1) is 19.2. The molecule has 2 N–H and O–H groups in total. The monoisotopic (exact) mass is 537 g/mol. The summed E-state index contributed by atoms with van der Waals surface area (Å²) in [4.78, 5) is 33.1. The number of hydrogen-bond acceptors (Lipinski definition) is 7. The van der Waals surface area contributed by atoms with Crippen molar-refractivity contribution in [3.8, 4) is 17.0 Å². The maximum Gasteiger partial charge on any atom is 0.253 e. The average Bonchev–Trinajstić information content (AvgIpc) is 3.31. The second kappa shape index (κ2) is 11.1. The van der Waals surface area contributed by atoms with E-state index >= 15 is 0 Å². The molecule has 1 saturated heterocycles. The molecule has 0 spiro atoms. The highest BCUT2D eigenvalue weighted by atomic mass is 19.1. The number of benzene rings is 1. The molecular formula is C27H26F2N6O4. The highest BCUT2D eigenvalue weighted by Gasteiger charge is 2.21. The van der Waals surface area contributed by atoms with E-state index in [9.17, 15) is 18.4 Å². The molecule has 39 heavy (non-hydrogen) atoms. The smallest absolute Gasteiger partial charge is 0.253 e. The van der Waals surface area contributed by atoms with Crippen molar-refractivity contribution in [2.24, 2.45) is 0 Å². The van der Waals surface area contributed by atoms with Crippen LogP contribution >= 0.6 is 0 Å². The molecule has 1 aliphatic rings. The van der Waals surface area contributed by atoms with E-state index in [0.717, 1.165) is 6.07 Å². The molecule has 2 amide bonds. The lowest BCUT2D eigenvalue weighted by molar-refractivity contribution is -0.114. The zero-order chi connectivity index (χ0) is 28.4. The van der Waals surface area contributed by atoms with E-state index in [2.05, 4.69) is 25.7 Å². The van der Waals surface area contributed by atoms with Crippen LogP contribution in [0.15, 0.2) is 42.7 Å². The topological polar surface area (TPSA) is 120 Å². The molecule has 202 valence electrons. The maximum atomic E-state index is 14.7. The molecular weight excluding hydrogens is 510 g/mol. The number of imidazole rings is 1. The predicted molar refractivity (Wildman–Crippen MR) is 137 cm³/mol. The van der Waals surface area contributed by atoms with E-state index in [-0.39, 0.29) is 28.9 Å². The van der Waals surface area contributed by atoms with E-state index < -0.39 is 24.1 Å². The summed E-state index contributed by atoms with van der Waals surface area (Å²) >= 11 is 0. The Hall–Kier alpha value is -4.45. The number of aryl methyl sites for hydroxylation is 1. The SMILES string of the molecule is [2H]C(NC(=O)c1cc(-c2ccc3nc(NC(C)=O)cn3n2)cnc1C)c1cc(F)cc(F)c1OC1CCOCC1. The summed E-state index contributed by atoms with van der Waals surface area (Å²) in [5.41, 5.74) is 1.89. The Bertz CT molecular complexity index is 1590. The van der Waals surface area contributed by atoms with E-state index in [1.807, 2.05) is 0 Å². The van der Waals surface area contributed by atoms with Crippen molar-refractivity contribution in [3.63, 3.8) is 0 Å². The number of aromatic nitrogens is 4. The number of anilines is 1. The van der Waals surface area contributed by atoms with Crippen LogP contribution in [0, 0.1) is 18.6 Å². The molecule has 1 unspecified atom stereocenters. The fraction of sp³-hybridized carbons (Fsp3) is 0.296. The number of carbonyl (C=O) groups is 2. The van der Waals surface area contributed by atoms with E-state index in [1.54, 1.807) is 37.5 Å². The van der Waals surface area contributed by atoms with Crippen LogP contribution in [0.3, 0.4) is 0 Å². The molecule has 1 aliphatic heterocycles. The first-order valence-corrected chi connectivity index (χ1v) is 12.3. The Morgan fingerprint density at radius 2 is 2.03 bits per heavy atom. The van der Waals surface area contributed by atoms with Crippen molar-refractivity contribution in [2.75, 3.05) is 18.5 Å². The average molecular weight is 538 g/mol. The third-order valence-corrected chi connectivity index (χ3v) is 6.10. The summed E-state index contributed by atoms with van der Waals surface area (Å²) in [5, 5.41) is 9.57. The molecule has 1 fully saturated rings. The van der Waals surface area contributed by atoms with E-state index in [1.165, 1.54) is 11.4 Å². The van der Waals surface area contributed by atoms with Crippen LogP contribution in [0.25, 0.3) is 16.9 Å². The summed E-state index contributed by atoms with van der Waals surface area (Å²) in [5.74, 6) is -2.69. The number of pyridine rings is 1. The molecule has 3 aromatic heterocycles. The van der Waals surface area contributed by atoms with Gasteiger partial charge in [-0.2, -0.15) is 5.10 Å². The van der Waals surface area contributed by atoms with Crippen LogP contribution < -0.4 is 15.4 Å². The van der Waals surface area contributed by atoms with Gasteiger partial charge in [0.05, 0.1) is 37.7 Å². The Morgan fingerprint density at radius 3 is 2.79 bits per heavy atom. The molecule has 4 aromatic rings. The first kappa shape index (κ1) is 24.9. The second-order valence-corrected chi connectivity index (χ2v) is 9.04. The standard InChI is InChI=1S/C27H26F2N6O4/c1-15-21(10-17(12-30-15)23-3-4-25-33-24(32-16(2)36)14-35(25)34-23)27(37)31-13-18-9-19(28)11-22(29)26(18)39-20-5-7-38-8-6-20/h3-4,9-12,14,20H,5-8,13H2,1-2H3,(H,31,37)(H,32,36)/i13D. The first-order valence-electron chi connectivity index (χ1n) is 12.8. The van der Waals surface area contributed by atoms with Crippen molar-refractivity contribution >= 4 is 23.3 Å². The lowest BCUT2D eigenvalue weighted by Crippen LogP contribution is -2.28. The number of ether oxygens (including phenoxy) is 2. The largest absolute Gasteiger partial charge is 0.487 e. The van der Waals surface area contributed by atoms with Gasteiger partial charge in [-0.3, -0.25) is 14.6 Å². The van der Waals surface area contributed by atoms with Gasteiger partial charge in [0.1, 0.15) is 11.9 Å². The zero-order valence-electron chi connectivity index (χ0n) is 22.2. The van der Waals surface area contributed by atoms with Gasteiger partial charge < -0.3 is 20.1 Å². The van der Waals surface area contributed by atoms with E-state index in [0.29, 0.717) is 60.5 Å². The van der Waals surface area contributed by atoms with Crippen LogP contribution in [0.2, 0.25) is 0 Å². The van der Waals surface area contributed by atoms with Gasteiger partial charge >= 0.3 is 0 Å². The number of nitrogens with one attached hydrogen (secondary N) is 2. The fourth-order valence-corrected chi connectivity index (χ4v) is 4.17. The van der Waals surface area contributed by atoms with Gasteiger partial charge in [0.25, 0.3) is 5.91 Å². The van der Waals surface area contributed by atoms with Crippen molar-refractivity contribution in [2.45, 2.75) is 39.3 Å². The normalized spacial score (nSPS) is 15.0. The predicted octanol–water partition coefficient (Wildman–Crippen LogP) is 3.82. The quantitative estimate of drug-likeness (QED) is 0.368. The minimum atomic E-state index is -1.52. The second-order valence-electron chi connectivity index (χ2n) is 9.04. The summed E-state index contributed by atoms with van der Waals surface area (Å²) in [6.07, 6.45) is 3.80. The molecule has 0 aliphatic carbocycles. The van der Waals surface area contributed by atoms with Gasteiger partial charge in [-0.25, -0.2) is 18.3 Å². The Kier molecular flexibility index (Phi) is 7.09. The molecule has 5 rings (SSSR count). The Balaban J connectivity index is 1.39.